The van der Waals surface area contributed by atoms with Crippen LogP contribution in [-0.4, -0.2) is 42.8 Å². The van der Waals surface area contributed by atoms with Crippen LogP contribution in [0.5, 0.6) is 5.75 Å². The Morgan fingerprint density at radius 3 is 2.66 bits per heavy atom. The molecule has 1 aromatic carbocycles. The van der Waals surface area contributed by atoms with Gasteiger partial charge in [-0.25, -0.2) is 14.8 Å². The number of rotatable bonds is 6. The molecule has 0 radical (unpaired) electrons. The number of nitrogens with two attached hydrogens (primary N) is 1. The van der Waals surface area contributed by atoms with E-state index in [1.54, 1.807) is 34.1 Å². The molecule has 0 saturated heterocycles. The highest BCUT2D eigenvalue weighted by Gasteiger charge is 2.57. The molecule has 2 amide bonds. The third-order valence-electron chi connectivity index (χ3n) is 6.93. The molecule has 9 nitrogen and oxygen atoms in total. The van der Waals surface area contributed by atoms with E-state index >= 15 is 0 Å². The summed E-state index contributed by atoms with van der Waals surface area (Å²) in [4.78, 5) is 23.6. The fraction of sp³-hybridized carbons (Fsp3) is 0.391. The Kier molecular flexibility index (Phi) is 5.47. The Bertz CT molecular complexity index is 1330. The van der Waals surface area contributed by atoms with Gasteiger partial charge in [-0.05, 0) is 37.3 Å². The summed E-state index contributed by atoms with van der Waals surface area (Å²) < 4.78 is 7.74. The van der Waals surface area contributed by atoms with E-state index in [9.17, 15) is 4.79 Å². The van der Waals surface area contributed by atoms with E-state index in [1.807, 2.05) is 0 Å². The standard InChI is InChI=1S/C23H22Cl3N7O2/c24-13-3-16(26)19(18(4-13)35-2-1-33-9-14(25)8-28-33)20-15-10-32(11-17(15)29-21(27)30-20)22(34)31-23-5-12(6-23)7-23/h3-4,8-9,12H,1-2,5-7,10-11H2,(H,31,34)(H2,27,29,30). The highest BCUT2D eigenvalue weighted by molar-refractivity contribution is 6.37. The van der Waals surface area contributed by atoms with Gasteiger partial charge in [0.25, 0.3) is 0 Å². The van der Waals surface area contributed by atoms with Gasteiger partial charge in [0.05, 0.1) is 52.8 Å². The SMILES string of the molecule is Nc1nc2c(c(-c3c(Cl)cc(Cl)cc3OCCn3cc(Cl)cn3)n1)CN(C(=O)NC13CC(C1)C3)C2. The van der Waals surface area contributed by atoms with Crippen molar-refractivity contribution in [3.8, 4) is 17.0 Å². The lowest BCUT2D eigenvalue weighted by atomic mass is 9.50. The van der Waals surface area contributed by atoms with Gasteiger partial charge < -0.3 is 20.7 Å². The molecule has 3 saturated carbocycles. The van der Waals surface area contributed by atoms with Crippen LogP contribution in [0.15, 0.2) is 24.5 Å². The minimum Gasteiger partial charge on any atom is -0.491 e. The maximum Gasteiger partial charge on any atom is 0.318 e. The maximum absolute atomic E-state index is 13.0. The number of fused-ring (bicyclic) bond motifs is 1. The summed E-state index contributed by atoms with van der Waals surface area (Å²) in [6.45, 7) is 1.46. The zero-order valence-electron chi connectivity index (χ0n) is 18.6. The molecule has 1 aliphatic heterocycles. The van der Waals surface area contributed by atoms with Crippen molar-refractivity contribution in [1.29, 1.82) is 0 Å². The van der Waals surface area contributed by atoms with Gasteiger partial charge in [-0.2, -0.15) is 5.10 Å². The molecular formula is C23H22Cl3N7O2. The normalized spacial score (nSPS) is 21.8. The van der Waals surface area contributed by atoms with Gasteiger partial charge in [0, 0.05) is 22.3 Å². The number of nitrogens with zero attached hydrogens (tertiary/aromatic N) is 5. The van der Waals surface area contributed by atoms with Crippen molar-refractivity contribution in [2.45, 2.75) is 44.4 Å². The van der Waals surface area contributed by atoms with Crippen molar-refractivity contribution < 1.29 is 9.53 Å². The third-order valence-corrected chi connectivity index (χ3v) is 7.64. The first-order chi connectivity index (χ1) is 16.8. The second-order valence-corrected chi connectivity index (χ2v) is 10.7. The quantitative estimate of drug-likeness (QED) is 0.480. The van der Waals surface area contributed by atoms with Gasteiger partial charge in [-0.15, -0.1) is 0 Å². The van der Waals surface area contributed by atoms with E-state index in [2.05, 4.69) is 20.4 Å². The summed E-state index contributed by atoms with van der Waals surface area (Å²) in [5, 5.41) is 8.70. The smallest absolute Gasteiger partial charge is 0.318 e. The Labute approximate surface area is 216 Å². The molecule has 35 heavy (non-hydrogen) atoms. The maximum atomic E-state index is 13.0. The topological polar surface area (TPSA) is 111 Å². The fourth-order valence-corrected chi connectivity index (χ4v) is 5.89. The van der Waals surface area contributed by atoms with Gasteiger partial charge in [0.2, 0.25) is 5.95 Å². The van der Waals surface area contributed by atoms with Crippen LogP contribution in [-0.2, 0) is 19.6 Å². The summed E-state index contributed by atoms with van der Waals surface area (Å²) in [5.41, 5.74) is 8.63. The van der Waals surface area contributed by atoms with Crippen LogP contribution >= 0.6 is 34.8 Å². The first-order valence-corrected chi connectivity index (χ1v) is 12.4. The first kappa shape index (κ1) is 22.7. The second kappa shape index (κ2) is 8.43. The molecule has 2 aromatic heterocycles. The Morgan fingerprint density at radius 2 is 1.97 bits per heavy atom. The van der Waals surface area contributed by atoms with Crippen LogP contribution in [0.2, 0.25) is 15.1 Å². The number of carbonyl (C=O) groups is 1. The lowest BCUT2D eigenvalue weighted by Gasteiger charge is -2.61. The zero-order chi connectivity index (χ0) is 24.3. The lowest BCUT2D eigenvalue weighted by molar-refractivity contribution is -0.0434. The number of anilines is 1. The van der Waals surface area contributed by atoms with Crippen molar-refractivity contribution in [1.82, 2.24) is 30.0 Å². The number of halogens is 3. The molecule has 3 aliphatic carbocycles. The molecule has 0 spiro atoms. The van der Waals surface area contributed by atoms with Gasteiger partial charge in [0.1, 0.15) is 12.4 Å². The molecule has 3 heterocycles. The minimum atomic E-state index is -0.0952. The highest BCUT2D eigenvalue weighted by atomic mass is 35.5. The summed E-state index contributed by atoms with van der Waals surface area (Å²) in [6.07, 6.45) is 6.49. The number of carbonyl (C=O) groups excluding carboxylic acids is 1. The Balaban J connectivity index is 1.28. The Morgan fingerprint density at radius 1 is 1.17 bits per heavy atom. The number of nitrogens with one attached hydrogen (secondary N) is 1. The molecular weight excluding hydrogens is 513 g/mol. The summed E-state index contributed by atoms with van der Waals surface area (Å²) in [7, 11) is 0. The molecule has 12 heteroatoms. The van der Waals surface area contributed by atoms with Gasteiger partial charge in [0.15, 0.2) is 0 Å². The van der Waals surface area contributed by atoms with Crippen molar-refractivity contribution >= 4 is 46.8 Å². The monoisotopic (exact) mass is 533 g/mol. The molecule has 3 fully saturated rings. The van der Waals surface area contributed by atoms with E-state index in [0.717, 1.165) is 30.7 Å². The largest absolute Gasteiger partial charge is 0.491 e. The van der Waals surface area contributed by atoms with Crippen molar-refractivity contribution in [3.05, 3.63) is 50.9 Å². The summed E-state index contributed by atoms with van der Waals surface area (Å²) in [6, 6.07) is 3.22. The van der Waals surface area contributed by atoms with Crippen LogP contribution in [0.3, 0.4) is 0 Å². The number of hydrogen-bond acceptors (Lipinski definition) is 6. The number of urea groups is 1. The zero-order valence-corrected chi connectivity index (χ0v) is 20.9. The molecule has 7 rings (SSSR count). The number of aromatic nitrogens is 4. The minimum absolute atomic E-state index is 0.0106. The van der Waals surface area contributed by atoms with Crippen LogP contribution in [0.4, 0.5) is 10.7 Å². The molecule has 3 N–H and O–H groups in total. The molecule has 0 unspecified atom stereocenters. The lowest BCUT2D eigenvalue weighted by Crippen LogP contribution is -2.69. The van der Waals surface area contributed by atoms with Crippen LogP contribution < -0.4 is 15.8 Å². The molecule has 0 atom stereocenters. The van der Waals surface area contributed by atoms with Gasteiger partial charge in [-0.3, -0.25) is 4.68 Å². The van der Waals surface area contributed by atoms with E-state index in [4.69, 9.17) is 45.3 Å². The number of amides is 2. The number of nitrogen functional groups attached to an aromatic ring is 1. The highest BCUT2D eigenvalue weighted by Crippen LogP contribution is 2.57. The first-order valence-electron chi connectivity index (χ1n) is 11.3. The molecule has 2 bridgehead atoms. The number of hydrogen-bond donors (Lipinski definition) is 2. The number of benzene rings is 1. The van der Waals surface area contributed by atoms with Crippen molar-refractivity contribution in [2.24, 2.45) is 5.92 Å². The second-order valence-electron chi connectivity index (χ2n) is 9.43. The number of ether oxygens (including phenoxy) is 1. The average molecular weight is 535 g/mol. The van der Waals surface area contributed by atoms with E-state index in [0.29, 0.717) is 64.0 Å². The predicted octanol–water partition coefficient (Wildman–Crippen LogP) is 4.54. The van der Waals surface area contributed by atoms with E-state index < -0.39 is 0 Å². The summed E-state index contributed by atoms with van der Waals surface area (Å²) >= 11 is 18.9. The predicted molar refractivity (Wildman–Crippen MR) is 132 cm³/mol. The van der Waals surface area contributed by atoms with E-state index in [-0.39, 0.29) is 17.5 Å². The molecule has 3 aromatic rings. The van der Waals surface area contributed by atoms with Crippen LogP contribution in [0.25, 0.3) is 11.3 Å². The third kappa shape index (κ3) is 4.15. The Hall–Kier alpha value is -2.75. The van der Waals surface area contributed by atoms with Crippen LogP contribution in [0.1, 0.15) is 30.5 Å². The van der Waals surface area contributed by atoms with Gasteiger partial charge >= 0.3 is 6.03 Å². The fourth-order valence-electron chi connectivity index (χ4n) is 5.17. The summed E-state index contributed by atoms with van der Waals surface area (Å²) in [5.74, 6) is 1.33. The average Bonchev–Trinajstić information content (AvgIpc) is 3.35. The molecule has 182 valence electrons. The van der Waals surface area contributed by atoms with Crippen molar-refractivity contribution in [2.75, 3.05) is 12.3 Å². The van der Waals surface area contributed by atoms with Crippen molar-refractivity contribution in [3.63, 3.8) is 0 Å². The molecule has 4 aliphatic rings. The van der Waals surface area contributed by atoms with E-state index in [1.165, 1.54) is 0 Å². The van der Waals surface area contributed by atoms with Gasteiger partial charge in [-0.1, -0.05) is 34.8 Å². The van der Waals surface area contributed by atoms with Crippen LogP contribution in [0, 0.1) is 5.92 Å².